The highest BCUT2D eigenvalue weighted by atomic mass is 16.6. The third-order valence-corrected chi connectivity index (χ3v) is 8.30. The van der Waals surface area contributed by atoms with Gasteiger partial charge in [-0.1, -0.05) is 145 Å². The van der Waals surface area contributed by atoms with E-state index in [1.165, 1.54) is 33.4 Å². The molecule has 0 atom stereocenters. The average Bonchev–Trinajstić information content (AvgIpc) is 3.07. The maximum atomic E-state index is 12.4. The van der Waals surface area contributed by atoms with Gasteiger partial charge in [-0.2, -0.15) is 0 Å². The number of hydrogen-bond acceptors (Lipinski definition) is 3. The summed E-state index contributed by atoms with van der Waals surface area (Å²) in [5, 5.41) is 3.01. The van der Waals surface area contributed by atoms with Crippen LogP contribution < -0.4 is 11.1 Å². The molecule has 4 nitrogen and oxygen atoms in total. The van der Waals surface area contributed by atoms with Crippen LogP contribution in [0.15, 0.2) is 145 Å². The Morgan fingerprint density at radius 2 is 0.915 bits per heavy atom. The third kappa shape index (κ3) is 10.8. The van der Waals surface area contributed by atoms with Crippen molar-refractivity contribution in [1.82, 2.24) is 5.32 Å². The Morgan fingerprint density at radius 1 is 0.596 bits per heavy atom. The predicted molar refractivity (Wildman–Crippen MR) is 199 cm³/mol. The normalized spacial score (nSPS) is 11.4. The van der Waals surface area contributed by atoms with Crippen LogP contribution in [0.2, 0.25) is 0 Å². The van der Waals surface area contributed by atoms with E-state index < -0.39 is 11.7 Å². The lowest BCUT2D eigenvalue weighted by Crippen LogP contribution is -2.43. The van der Waals surface area contributed by atoms with Crippen LogP contribution in [0.1, 0.15) is 83.6 Å². The fraction of sp³-hybridized carbons (Fsp3) is 0.326. The molecule has 0 heterocycles. The second-order valence-corrected chi connectivity index (χ2v) is 13.7. The molecule has 0 unspecified atom stereocenters. The SMILES string of the molecule is CC(C)=CCC(CN)(c1ccccc1)c1ccccc1.CC(C)=CCC(CNC(=O)OC(C)(C)C)(c1ccccc1)c1ccccc1. The summed E-state index contributed by atoms with van der Waals surface area (Å²) in [6.07, 6.45) is 5.85. The van der Waals surface area contributed by atoms with E-state index in [1.807, 2.05) is 57.2 Å². The summed E-state index contributed by atoms with van der Waals surface area (Å²) in [7, 11) is 0. The Balaban J connectivity index is 0.000000267. The van der Waals surface area contributed by atoms with Gasteiger partial charge in [0.15, 0.2) is 0 Å². The zero-order chi connectivity index (χ0) is 34.3. The molecule has 1 amide bonds. The minimum absolute atomic E-state index is 0.139. The number of benzene rings is 4. The molecule has 47 heavy (non-hydrogen) atoms. The van der Waals surface area contributed by atoms with Gasteiger partial charge in [0.1, 0.15) is 5.60 Å². The van der Waals surface area contributed by atoms with Crippen molar-refractivity contribution in [3.05, 3.63) is 167 Å². The van der Waals surface area contributed by atoms with Crippen molar-refractivity contribution in [2.45, 2.75) is 77.7 Å². The van der Waals surface area contributed by atoms with Crippen LogP contribution in [-0.4, -0.2) is 24.8 Å². The molecule has 0 saturated carbocycles. The van der Waals surface area contributed by atoms with Crippen molar-refractivity contribution in [3.63, 3.8) is 0 Å². The summed E-state index contributed by atoms with van der Waals surface area (Å²) in [4.78, 5) is 12.4. The lowest BCUT2D eigenvalue weighted by Gasteiger charge is -2.35. The molecule has 3 N–H and O–H groups in total. The van der Waals surface area contributed by atoms with Crippen molar-refractivity contribution in [2.75, 3.05) is 13.1 Å². The number of nitrogens with two attached hydrogens (primary N) is 1. The van der Waals surface area contributed by atoms with E-state index in [9.17, 15) is 4.79 Å². The van der Waals surface area contributed by atoms with Gasteiger partial charge in [0.25, 0.3) is 0 Å². The molecular weight excluding hydrogens is 576 g/mol. The van der Waals surface area contributed by atoms with E-state index in [2.05, 4.69) is 130 Å². The molecule has 0 aliphatic carbocycles. The van der Waals surface area contributed by atoms with Crippen LogP contribution in [0.5, 0.6) is 0 Å². The number of hydrogen-bond donors (Lipinski definition) is 2. The van der Waals surface area contributed by atoms with Crippen LogP contribution >= 0.6 is 0 Å². The first-order valence-electron chi connectivity index (χ1n) is 16.6. The predicted octanol–water partition coefficient (Wildman–Crippen LogP) is 10.1. The molecule has 4 aromatic carbocycles. The first-order valence-corrected chi connectivity index (χ1v) is 16.6. The molecule has 4 rings (SSSR count). The van der Waals surface area contributed by atoms with Gasteiger partial charge in [-0.25, -0.2) is 4.79 Å². The zero-order valence-corrected chi connectivity index (χ0v) is 29.4. The highest BCUT2D eigenvalue weighted by Crippen LogP contribution is 2.37. The monoisotopic (exact) mass is 630 g/mol. The number of allylic oxidation sites excluding steroid dienone is 4. The van der Waals surface area contributed by atoms with E-state index >= 15 is 0 Å². The molecule has 0 aliphatic heterocycles. The van der Waals surface area contributed by atoms with Crippen molar-refractivity contribution in [1.29, 1.82) is 0 Å². The molecule has 0 bridgehead atoms. The van der Waals surface area contributed by atoms with Gasteiger partial charge in [-0.3, -0.25) is 0 Å². The minimum atomic E-state index is -0.522. The van der Waals surface area contributed by atoms with Crippen molar-refractivity contribution >= 4 is 6.09 Å². The summed E-state index contributed by atoms with van der Waals surface area (Å²) in [6.45, 7) is 15.1. The fourth-order valence-corrected chi connectivity index (χ4v) is 5.72. The first kappa shape index (κ1) is 37.1. The Kier molecular flexibility index (Phi) is 13.8. The summed E-state index contributed by atoms with van der Waals surface area (Å²) in [5.41, 5.74) is 12.7. The second kappa shape index (κ2) is 17.5. The molecule has 0 spiro atoms. The van der Waals surface area contributed by atoms with Crippen LogP contribution in [0.3, 0.4) is 0 Å². The maximum Gasteiger partial charge on any atom is 0.407 e. The number of nitrogens with one attached hydrogen (secondary N) is 1. The van der Waals surface area contributed by atoms with Crippen molar-refractivity contribution in [3.8, 4) is 0 Å². The topological polar surface area (TPSA) is 64.3 Å². The van der Waals surface area contributed by atoms with E-state index in [0.29, 0.717) is 13.1 Å². The summed E-state index contributed by atoms with van der Waals surface area (Å²) < 4.78 is 5.46. The Hall–Kier alpha value is -4.41. The molecule has 248 valence electrons. The van der Waals surface area contributed by atoms with Gasteiger partial charge < -0.3 is 15.8 Å². The van der Waals surface area contributed by atoms with Gasteiger partial charge in [-0.15, -0.1) is 0 Å². The molecule has 4 heteroatoms. The fourth-order valence-electron chi connectivity index (χ4n) is 5.72. The first-order chi connectivity index (χ1) is 22.4. The van der Waals surface area contributed by atoms with Crippen LogP contribution in [0, 0.1) is 0 Å². The van der Waals surface area contributed by atoms with Crippen molar-refractivity contribution in [2.24, 2.45) is 5.73 Å². The maximum absolute atomic E-state index is 12.4. The lowest BCUT2D eigenvalue weighted by molar-refractivity contribution is 0.0518. The average molecular weight is 631 g/mol. The van der Waals surface area contributed by atoms with Crippen molar-refractivity contribution < 1.29 is 9.53 Å². The third-order valence-electron chi connectivity index (χ3n) is 8.30. The minimum Gasteiger partial charge on any atom is -0.444 e. The molecular formula is C43H54N2O2. The van der Waals surface area contributed by atoms with E-state index in [-0.39, 0.29) is 10.8 Å². The lowest BCUT2D eigenvalue weighted by atomic mass is 9.71. The molecule has 4 aromatic rings. The van der Waals surface area contributed by atoms with Crippen LogP contribution in [0.25, 0.3) is 0 Å². The molecule has 0 aromatic heterocycles. The number of carbonyl (C=O) groups excluding carboxylic acids is 1. The summed E-state index contributed by atoms with van der Waals surface area (Å²) in [5.74, 6) is 0. The molecule has 0 saturated heterocycles. The smallest absolute Gasteiger partial charge is 0.407 e. The van der Waals surface area contributed by atoms with Crippen LogP contribution in [-0.2, 0) is 15.6 Å². The van der Waals surface area contributed by atoms with Gasteiger partial charge in [0.05, 0.1) is 0 Å². The van der Waals surface area contributed by atoms with Gasteiger partial charge in [0, 0.05) is 23.9 Å². The Labute approximate surface area is 283 Å². The van der Waals surface area contributed by atoms with Gasteiger partial charge >= 0.3 is 6.09 Å². The molecule has 0 fully saturated rings. The highest BCUT2D eigenvalue weighted by Gasteiger charge is 2.34. The number of amides is 1. The quantitative estimate of drug-likeness (QED) is 0.162. The van der Waals surface area contributed by atoms with Gasteiger partial charge in [-0.05, 0) is 83.6 Å². The van der Waals surface area contributed by atoms with E-state index in [1.54, 1.807) is 0 Å². The summed E-state index contributed by atoms with van der Waals surface area (Å²) >= 11 is 0. The van der Waals surface area contributed by atoms with E-state index in [4.69, 9.17) is 10.5 Å². The largest absolute Gasteiger partial charge is 0.444 e. The van der Waals surface area contributed by atoms with Crippen LogP contribution in [0.4, 0.5) is 4.79 Å². The Morgan fingerprint density at radius 3 is 1.21 bits per heavy atom. The number of rotatable bonds is 11. The highest BCUT2D eigenvalue weighted by molar-refractivity contribution is 5.68. The summed E-state index contributed by atoms with van der Waals surface area (Å²) in [6, 6.07) is 41.9. The van der Waals surface area contributed by atoms with E-state index in [0.717, 1.165) is 12.8 Å². The van der Waals surface area contributed by atoms with Gasteiger partial charge in [0.2, 0.25) is 0 Å². The number of alkyl carbamates (subject to hydrolysis) is 1. The second-order valence-electron chi connectivity index (χ2n) is 13.7. The zero-order valence-electron chi connectivity index (χ0n) is 29.4. The Bertz CT molecular complexity index is 1470. The number of ether oxygens (including phenoxy) is 1. The number of carbonyl (C=O) groups is 1. The molecule has 0 aliphatic rings. The molecule has 0 radical (unpaired) electrons. The standard InChI is InChI=1S/C24H31NO2.C19H23N/c1-19(2)16-17-24(20-12-8-6-9-13-20,21-14-10-7-11-15-21)18-25-22(26)27-23(3,4)5;1-16(2)13-14-19(15-20,17-9-5-3-6-10-17)18-11-7-4-8-12-18/h6-16H,17-18H2,1-5H3,(H,25,26);3-13H,14-15,20H2,1-2H3.